The number of methoxy groups -OCH3 is 2. The highest BCUT2D eigenvalue weighted by molar-refractivity contribution is 7.92. The Kier molecular flexibility index (Phi) is 10.1. The first-order chi connectivity index (χ1) is 20.1. The number of carbonyl (C=O) groups is 2. The number of amides is 2. The van der Waals surface area contributed by atoms with Crippen LogP contribution >= 0.6 is 0 Å². The molecule has 1 fully saturated rings. The summed E-state index contributed by atoms with van der Waals surface area (Å²) < 4.78 is 39.5. The van der Waals surface area contributed by atoms with E-state index in [-0.39, 0.29) is 23.4 Å². The van der Waals surface area contributed by atoms with Gasteiger partial charge in [-0.1, -0.05) is 42.7 Å². The summed E-state index contributed by atoms with van der Waals surface area (Å²) in [4.78, 5) is 28.9. The van der Waals surface area contributed by atoms with Crippen molar-refractivity contribution in [3.8, 4) is 11.5 Å². The van der Waals surface area contributed by atoms with E-state index in [9.17, 15) is 18.0 Å². The topological polar surface area (TPSA) is 105 Å². The third kappa shape index (κ3) is 7.42. The van der Waals surface area contributed by atoms with Gasteiger partial charge >= 0.3 is 0 Å². The molecule has 1 aliphatic rings. The molecule has 2 amide bonds. The number of hydrogen-bond donors (Lipinski definition) is 1. The molecule has 4 rings (SSSR count). The van der Waals surface area contributed by atoms with Crippen molar-refractivity contribution < 1.29 is 27.5 Å². The van der Waals surface area contributed by atoms with Crippen LogP contribution in [0, 0.1) is 6.92 Å². The molecule has 1 atom stereocenters. The first-order valence-corrected chi connectivity index (χ1v) is 15.5. The van der Waals surface area contributed by atoms with Gasteiger partial charge in [-0.15, -0.1) is 0 Å². The standard InChI is InChI=1S/C32H39N3O6S/c1-23-9-13-27(14-10-23)35(42(38,39)30-19-17-29(41-4)18-20-30)22-31(36)34(21-25-11-15-28(40-3)16-12-25)24(2)32(37)33-26-7-5-6-8-26/h9-20,24,26H,5-8,21-22H2,1-4H3,(H,33,37)/t24-/m0/s1. The van der Waals surface area contributed by atoms with Crippen molar-refractivity contribution in [3.05, 3.63) is 83.9 Å². The van der Waals surface area contributed by atoms with E-state index < -0.39 is 28.5 Å². The molecule has 0 heterocycles. The zero-order chi connectivity index (χ0) is 30.3. The molecule has 3 aromatic carbocycles. The number of ether oxygens (including phenoxy) is 2. The lowest BCUT2D eigenvalue weighted by atomic mass is 10.1. The summed E-state index contributed by atoms with van der Waals surface area (Å²) in [6.07, 6.45) is 3.93. The smallest absolute Gasteiger partial charge is 0.264 e. The summed E-state index contributed by atoms with van der Waals surface area (Å²) in [6.45, 7) is 3.21. The highest BCUT2D eigenvalue weighted by atomic mass is 32.2. The lowest BCUT2D eigenvalue weighted by Gasteiger charge is -2.32. The molecular weight excluding hydrogens is 554 g/mol. The molecule has 1 N–H and O–H groups in total. The SMILES string of the molecule is COc1ccc(CN(C(=O)CN(c2ccc(C)cc2)S(=O)(=O)c2ccc(OC)cc2)[C@@H](C)C(=O)NC2CCCC2)cc1. The fourth-order valence-electron chi connectivity index (χ4n) is 5.02. The molecule has 0 saturated heterocycles. The molecule has 0 aromatic heterocycles. The van der Waals surface area contributed by atoms with Gasteiger partial charge < -0.3 is 19.7 Å². The predicted molar refractivity (Wildman–Crippen MR) is 162 cm³/mol. The Morgan fingerprint density at radius 2 is 1.43 bits per heavy atom. The van der Waals surface area contributed by atoms with Crippen LogP contribution in [-0.4, -0.2) is 58.0 Å². The Labute approximate surface area is 248 Å². The largest absolute Gasteiger partial charge is 0.497 e. The molecule has 1 aliphatic carbocycles. The summed E-state index contributed by atoms with van der Waals surface area (Å²) in [7, 11) is -1.08. The molecule has 0 radical (unpaired) electrons. The van der Waals surface area contributed by atoms with Gasteiger partial charge in [0.25, 0.3) is 10.0 Å². The second-order valence-corrected chi connectivity index (χ2v) is 12.4. The van der Waals surface area contributed by atoms with Crippen LogP contribution in [0.4, 0.5) is 5.69 Å². The Bertz CT molecular complexity index is 1450. The van der Waals surface area contributed by atoms with E-state index >= 15 is 0 Å². The summed E-state index contributed by atoms with van der Waals surface area (Å²) >= 11 is 0. The monoisotopic (exact) mass is 593 g/mol. The average molecular weight is 594 g/mol. The second kappa shape index (κ2) is 13.7. The molecule has 9 nitrogen and oxygen atoms in total. The quantitative estimate of drug-likeness (QED) is 0.327. The maximum atomic E-state index is 14.1. The van der Waals surface area contributed by atoms with Crippen molar-refractivity contribution in [3.63, 3.8) is 0 Å². The number of hydrogen-bond acceptors (Lipinski definition) is 6. The van der Waals surface area contributed by atoms with Gasteiger partial charge in [0.15, 0.2) is 0 Å². The van der Waals surface area contributed by atoms with Gasteiger partial charge in [0, 0.05) is 12.6 Å². The van der Waals surface area contributed by atoms with Crippen LogP contribution in [0.25, 0.3) is 0 Å². The van der Waals surface area contributed by atoms with E-state index in [0.717, 1.165) is 41.1 Å². The van der Waals surface area contributed by atoms with Crippen molar-refractivity contribution in [2.75, 3.05) is 25.1 Å². The molecular formula is C32H39N3O6S. The van der Waals surface area contributed by atoms with Crippen molar-refractivity contribution in [2.45, 2.75) is 63.1 Å². The maximum Gasteiger partial charge on any atom is 0.264 e. The molecule has 42 heavy (non-hydrogen) atoms. The predicted octanol–water partition coefficient (Wildman–Crippen LogP) is 4.68. The molecule has 10 heteroatoms. The van der Waals surface area contributed by atoms with Crippen LogP contribution in [-0.2, 0) is 26.2 Å². The van der Waals surface area contributed by atoms with Gasteiger partial charge in [-0.25, -0.2) is 8.42 Å². The molecule has 3 aromatic rings. The number of nitrogens with zero attached hydrogens (tertiary/aromatic N) is 2. The number of carbonyl (C=O) groups excluding carboxylic acids is 2. The van der Waals surface area contributed by atoms with Crippen LogP contribution in [0.2, 0.25) is 0 Å². The zero-order valence-electron chi connectivity index (χ0n) is 24.6. The van der Waals surface area contributed by atoms with E-state index in [4.69, 9.17) is 9.47 Å². The minimum atomic E-state index is -4.15. The van der Waals surface area contributed by atoms with E-state index in [1.165, 1.54) is 24.1 Å². The first-order valence-electron chi connectivity index (χ1n) is 14.1. The van der Waals surface area contributed by atoms with Crippen LogP contribution in [0.15, 0.2) is 77.7 Å². The highest BCUT2D eigenvalue weighted by Crippen LogP contribution is 2.27. The normalized spacial score (nSPS) is 14.2. The van der Waals surface area contributed by atoms with Crippen molar-refractivity contribution in [1.82, 2.24) is 10.2 Å². The fourth-order valence-corrected chi connectivity index (χ4v) is 6.43. The minimum Gasteiger partial charge on any atom is -0.497 e. The third-order valence-corrected chi connectivity index (χ3v) is 9.42. The number of benzene rings is 3. The fraction of sp³-hybridized carbons (Fsp3) is 0.375. The van der Waals surface area contributed by atoms with Crippen LogP contribution in [0.1, 0.15) is 43.7 Å². The molecule has 1 saturated carbocycles. The average Bonchev–Trinajstić information content (AvgIpc) is 3.52. The lowest BCUT2D eigenvalue weighted by molar-refractivity contribution is -0.139. The summed E-state index contributed by atoms with van der Waals surface area (Å²) in [5, 5.41) is 3.08. The van der Waals surface area contributed by atoms with E-state index in [1.807, 2.05) is 19.1 Å². The summed E-state index contributed by atoms with van der Waals surface area (Å²) in [5.41, 5.74) is 2.08. The minimum absolute atomic E-state index is 0.0189. The van der Waals surface area contributed by atoms with Gasteiger partial charge in [-0.3, -0.25) is 13.9 Å². The van der Waals surface area contributed by atoms with Gasteiger partial charge in [-0.05, 0) is 80.8 Å². The van der Waals surface area contributed by atoms with Crippen LogP contribution in [0.5, 0.6) is 11.5 Å². The van der Waals surface area contributed by atoms with Gasteiger partial charge in [0.1, 0.15) is 24.1 Å². The third-order valence-electron chi connectivity index (χ3n) is 7.63. The van der Waals surface area contributed by atoms with Crippen molar-refractivity contribution in [2.24, 2.45) is 0 Å². The number of nitrogens with one attached hydrogen (secondary N) is 1. The Morgan fingerprint density at radius 1 is 0.881 bits per heavy atom. The molecule has 0 bridgehead atoms. The summed E-state index contributed by atoms with van der Waals surface area (Å²) in [6, 6.07) is 19.4. The summed E-state index contributed by atoms with van der Waals surface area (Å²) in [5.74, 6) is 0.417. The van der Waals surface area contributed by atoms with E-state index in [1.54, 1.807) is 62.6 Å². The maximum absolute atomic E-state index is 14.1. The van der Waals surface area contributed by atoms with Crippen molar-refractivity contribution in [1.29, 1.82) is 0 Å². The lowest BCUT2D eigenvalue weighted by Crippen LogP contribution is -2.52. The van der Waals surface area contributed by atoms with Gasteiger partial charge in [-0.2, -0.15) is 0 Å². The van der Waals surface area contributed by atoms with Gasteiger partial charge in [0.2, 0.25) is 11.8 Å². The number of sulfonamides is 1. The second-order valence-electron chi connectivity index (χ2n) is 10.6. The Balaban J connectivity index is 1.67. The molecule has 0 aliphatic heterocycles. The van der Waals surface area contributed by atoms with Crippen LogP contribution in [0.3, 0.4) is 0 Å². The number of aryl methyl sites for hydroxylation is 1. The Hall–Kier alpha value is -4.05. The van der Waals surface area contributed by atoms with Crippen LogP contribution < -0.4 is 19.1 Å². The highest BCUT2D eigenvalue weighted by Gasteiger charge is 2.33. The van der Waals surface area contributed by atoms with Crippen molar-refractivity contribution >= 4 is 27.5 Å². The number of rotatable bonds is 12. The van der Waals surface area contributed by atoms with E-state index in [2.05, 4.69) is 5.32 Å². The molecule has 0 unspecified atom stereocenters. The number of anilines is 1. The first kappa shape index (κ1) is 30.9. The molecule has 0 spiro atoms. The van der Waals surface area contributed by atoms with E-state index in [0.29, 0.717) is 17.2 Å². The van der Waals surface area contributed by atoms with Gasteiger partial charge in [0.05, 0.1) is 24.8 Å². The zero-order valence-corrected chi connectivity index (χ0v) is 25.4. The Morgan fingerprint density at radius 3 is 1.98 bits per heavy atom. The molecule has 224 valence electrons.